The van der Waals surface area contributed by atoms with Gasteiger partial charge in [-0.05, 0) is 30.2 Å². The Morgan fingerprint density at radius 1 is 1.28 bits per heavy atom. The number of hydrogen-bond donors (Lipinski definition) is 2. The van der Waals surface area contributed by atoms with Gasteiger partial charge in [0.05, 0.1) is 23.7 Å². The van der Waals surface area contributed by atoms with Gasteiger partial charge in [0.15, 0.2) is 0 Å². The van der Waals surface area contributed by atoms with Gasteiger partial charge in [-0.3, -0.25) is 4.79 Å². The molecule has 0 saturated heterocycles. The summed E-state index contributed by atoms with van der Waals surface area (Å²) in [4.78, 5) is 14.8. The topological polar surface area (TPSA) is 62.3 Å². The van der Waals surface area contributed by atoms with Gasteiger partial charge in [0.1, 0.15) is 11.4 Å². The van der Waals surface area contributed by atoms with Crippen LogP contribution >= 0.6 is 11.6 Å². The highest BCUT2D eigenvalue weighted by atomic mass is 35.5. The average Bonchev–Trinajstić information content (AvgIpc) is 2.96. The first-order valence-electron chi connectivity index (χ1n) is 7.93. The van der Waals surface area contributed by atoms with Crippen LogP contribution in [0, 0.1) is 5.82 Å². The van der Waals surface area contributed by atoms with Crippen molar-refractivity contribution in [1.82, 2.24) is 4.98 Å². The lowest BCUT2D eigenvalue weighted by Gasteiger charge is -2.37. The van der Waals surface area contributed by atoms with Gasteiger partial charge in [-0.1, -0.05) is 35.9 Å². The number of carboxylic acids is 1. The molecule has 1 unspecified atom stereocenters. The molecule has 1 aromatic heterocycles. The molecular weight excluding hydrogens is 345 g/mol. The number of aromatic nitrogens is 1. The number of halogens is 2. The van der Waals surface area contributed by atoms with Crippen LogP contribution in [0.5, 0.6) is 0 Å². The first-order valence-corrected chi connectivity index (χ1v) is 8.31. The molecule has 3 aromatic rings. The third kappa shape index (κ3) is 2.42. The molecule has 0 aliphatic carbocycles. The number of H-pyrrole nitrogens is 1. The fourth-order valence-corrected chi connectivity index (χ4v) is 4.00. The second-order valence-electron chi connectivity index (χ2n) is 6.12. The van der Waals surface area contributed by atoms with Gasteiger partial charge >= 0.3 is 5.97 Å². The van der Waals surface area contributed by atoms with Crippen LogP contribution in [0.25, 0.3) is 10.9 Å². The molecule has 0 fully saturated rings. The van der Waals surface area contributed by atoms with Gasteiger partial charge in [0.25, 0.3) is 0 Å². The van der Waals surface area contributed by atoms with E-state index in [1.54, 1.807) is 24.3 Å². The Kier molecular flexibility index (Phi) is 3.78. The van der Waals surface area contributed by atoms with Crippen LogP contribution in [-0.2, 0) is 21.6 Å². The third-order valence-corrected chi connectivity index (χ3v) is 5.01. The fourth-order valence-electron chi connectivity index (χ4n) is 3.71. The SMILES string of the molecule is O=C(O)CC1(c2ccccc2F)OCCc2c1[nH]c1cccc(Cl)c21. The third-order valence-electron chi connectivity index (χ3n) is 4.69. The highest BCUT2D eigenvalue weighted by Gasteiger charge is 2.45. The summed E-state index contributed by atoms with van der Waals surface area (Å²) in [7, 11) is 0. The zero-order valence-corrected chi connectivity index (χ0v) is 13.9. The number of aliphatic carboxylic acids is 1. The minimum absolute atomic E-state index is 0.209. The molecule has 1 aliphatic rings. The number of fused-ring (bicyclic) bond motifs is 3. The second-order valence-corrected chi connectivity index (χ2v) is 6.52. The number of rotatable bonds is 3. The van der Waals surface area contributed by atoms with Crippen molar-refractivity contribution in [3.63, 3.8) is 0 Å². The quantitative estimate of drug-likeness (QED) is 0.734. The second kappa shape index (κ2) is 5.86. The van der Waals surface area contributed by atoms with E-state index >= 15 is 0 Å². The summed E-state index contributed by atoms with van der Waals surface area (Å²) in [5.74, 6) is -1.57. The summed E-state index contributed by atoms with van der Waals surface area (Å²) in [6.07, 6.45) is 0.195. The maximum absolute atomic E-state index is 14.6. The van der Waals surface area contributed by atoms with Crippen molar-refractivity contribution in [1.29, 1.82) is 0 Å². The lowest BCUT2D eigenvalue weighted by Crippen LogP contribution is -2.39. The molecule has 0 spiro atoms. The summed E-state index contributed by atoms with van der Waals surface area (Å²) in [6.45, 7) is 0.285. The van der Waals surface area contributed by atoms with E-state index in [4.69, 9.17) is 16.3 Å². The predicted octanol–water partition coefficient (Wildman–Crippen LogP) is 4.25. The molecule has 2 aromatic carbocycles. The molecule has 128 valence electrons. The standard InChI is InChI=1S/C19H15ClFNO3/c20-13-5-3-7-15-17(13)11-8-9-25-19(10-16(23)24,18(11)22-15)12-4-1-2-6-14(12)21/h1-7,22H,8-10H2,(H,23,24). The van der Waals surface area contributed by atoms with E-state index in [-0.39, 0.29) is 18.6 Å². The van der Waals surface area contributed by atoms with Crippen LogP contribution in [-0.4, -0.2) is 22.7 Å². The number of hydrogen-bond acceptors (Lipinski definition) is 2. The molecule has 0 amide bonds. The maximum atomic E-state index is 14.6. The largest absolute Gasteiger partial charge is 0.481 e. The molecule has 4 nitrogen and oxygen atoms in total. The molecule has 2 N–H and O–H groups in total. The lowest BCUT2D eigenvalue weighted by atomic mass is 9.82. The normalized spacial score (nSPS) is 19.8. The molecule has 0 bridgehead atoms. The van der Waals surface area contributed by atoms with Crippen molar-refractivity contribution in [2.45, 2.75) is 18.4 Å². The zero-order valence-electron chi connectivity index (χ0n) is 13.2. The lowest BCUT2D eigenvalue weighted by molar-refractivity contribution is -0.145. The smallest absolute Gasteiger partial charge is 0.307 e. The van der Waals surface area contributed by atoms with Crippen LogP contribution in [0.15, 0.2) is 42.5 Å². The molecule has 0 saturated carbocycles. The summed E-state index contributed by atoms with van der Waals surface area (Å²) >= 11 is 6.36. The predicted molar refractivity (Wildman–Crippen MR) is 92.4 cm³/mol. The Hall–Kier alpha value is -2.37. The molecule has 4 rings (SSSR count). The van der Waals surface area contributed by atoms with Gasteiger partial charge in [0.2, 0.25) is 0 Å². The zero-order chi connectivity index (χ0) is 17.6. The maximum Gasteiger partial charge on any atom is 0.307 e. The van der Waals surface area contributed by atoms with Gasteiger partial charge < -0.3 is 14.8 Å². The monoisotopic (exact) mass is 359 g/mol. The minimum Gasteiger partial charge on any atom is -0.481 e. The highest BCUT2D eigenvalue weighted by Crippen LogP contribution is 2.45. The summed E-state index contributed by atoms with van der Waals surface area (Å²) < 4.78 is 20.5. The van der Waals surface area contributed by atoms with Gasteiger partial charge in [-0.2, -0.15) is 0 Å². The minimum atomic E-state index is -1.41. The van der Waals surface area contributed by atoms with Crippen LogP contribution in [0.4, 0.5) is 4.39 Å². The molecule has 25 heavy (non-hydrogen) atoms. The van der Waals surface area contributed by atoms with Crippen molar-refractivity contribution in [2.24, 2.45) is 0 Å². The van der Waals surface area contributed by atoms with Crippen molar-refractivity contribution in [2.75, 3.05) is 6.61 Å². The van der Waals surface area contributed by atoms with E-state index in [2.05, 4.69) is 4.98 Å². The van der Waals surface area contributed by atoms with E-state index in [0.29, 0.717) is 17.1 Å². The van der Waals surface area contributed by atoms with Gasteiger partial charge in [0, 0.05) is 16.5 Å². The van der Waals surface area contributed by atoms with E-state index in [0.717, 1.165) is 16.5 Å². The number of nitrogens with one attached hydrogen (secondary N) is 1. The first-order chi connectivity index (χ1) is 12.0. The highest BCUT2D eigenvalue weighted by molar-refractivity contribution is 6.35. The van der Waals surface area contributed by atoms with Gasteiger partial charge in [-0.25, -0.2) is 4.39 Å². The van der Waals surface area contributed by atoms with E-state index in [1.165, 1.54) is 6.07 Å². The molecule has 0 radical (unpaired) electrons. The fraction of sp³-hybridized carbons (Fsp3) is 0.211. The first kappa shape index (κ1) is 16.1. The Balaban J connectivity index is 2.05. The Bertz CT molecular complexity index is 984. The molecule has 2 heterocycles. The van der Waals surface area contributed by atoms with E-state index < -0.39 is 17.4 Å². The van der Waals surface area contributed by atoms with E-state index in [9.17, 15) is 14.3 Å². The van der Waals surface area contributed by atoms with Crippen LogP contribution < -0.4 is 0 Å². The van der Waals surface area contributed by atoms with Crippen molar-refractivity contribution < 1.29 is 19.0 Å². The summed E-state index contributed by atoms with van der Waals surface area (Å²) in [6, 6.07) is 11.6. The molecular formula is C19H15ClFNO3. The van der Waals surface area contributed by atoms with Crippen LogP contribution in [0.2, 0.25) is 5.02 Å². The summed E-state index contributed by atoms with van der Waals surface area (Å²) in [5, 5.41) is 10.9. The summed E-state index contributed by atoms with van der Waals surface area (Å²) in [5.41, 5.74) is 1.04. The van der Waals surface area contributed by atoms with Crippen molar-refractivity contribution in [3.05, 3.63) is 70.1 Å². The number of ether oxygens (including phenoxy) is 1. The van der Waals surface area contributed by atoms with Crippen LogP contribution in [0.3, 0.4) is 0 Å². The number of aromatic amines is 1. The number of carbonyl (C=O) groups is 1. The van der Waals surface area contributed by atoms with Crippen LogP contribution in [0.1, 0.15) is 23.2 Å². The molecule has 1 atom stereocenters. The number of carboxylic acid groups (broad SMARTS) is 1. The Morgan fingerprint density at radius 2 is 2.08 bits per heavy atom. The van der Waals surface area contributed by atoms with Crippen molar-refractivity contribution >= 4 is 28.5 Å². The van der Waals surface area contributed by atoms with Gasteiger partial charge in [-0.15, -0.1) is 0 Å². The number of benzene rings is 2. The Morgan fingerprint density at radius 3 is 2.84 bits per heavy atom. The Labute approximate surface area is 148 Å². The average molecular weight is 360 g/mol. The molecule has 1 aliphatic heterocycles. The van der Waals surface area contributed by atoms with Crippen molar-refractivity contribution in [3.8, 4) is 0 Å². The van der Waals surface area contributed by atoms with E-state index in [1.807, 2.05) is 12.1 Å². The molecule has 6 heteroatoms.